The monoisotopic (exact) mass is 258 g/mol. The molecule has 5 N–H and O–H groups in total. The van der Waals surface area contributed by atoms with Crippen molar-refractivity contribution in [2.75, 3.05) is 5.43 Å². The van der Waals surface area contributed by atoms with Crippen LogP contribution in [0.4, 0.5) is 5.69 Å². The van der Waals surface area contributed by atoms with Gasteiger partial charge < -0.3 is 15.9 Å². The Bertz CT molecular complexity index is 586. The van der Waals surface area contributed by atoms with E-state index >= 15 is 0 Å². The average molecular weight is 258 g/mol. The van der Waals surface area contributed by atoms with Gasteiger partial charge in [0.2, 0.25) is 0 Å². The van der Waals surface area contributed by atoms with E-state index in [1.165, 1.54) is 0 Å². The van der Waals surface area contributed by atoms with Crippen molar-refractivity contribution in [3.63, 3.8) is 0 Å². The highest BCUT2D eigenvalue weighted by molar-refractivity contribution is 5.95. The van der Waals surface area contributed by atoms with Crippen LogP contribution in [0.25, 0.3) is 0 Å². The summed E-state index contributed by atoms with van der Waals surface area (Å²) in [6.07, 6.45) is 1.62. The molecule has 0 aliphatic rings. The number of nitrogens with one attached hydrogen (secondary N) is 1. The standard InChI is InChI=1S/C13H14N4O2/c14-13(18)11-3-1-2-4-12(11)19-8-10-7-9(17-15)5-6-16-10/h1-7H,8,15H2,(H2,14,18)(H,16,17). The molecule has 0 saturated carbocycles. The molecule has 0 radical (unpaired) electrons. The molecule has 2 aromatic rings. The molecular weight excluding hydrogens is 244 g/mol. The van der Waals surface area contributed by atoms with Crippen LogP contribution < -0.4 is 21.7 Å². The molecule has 1 aromatic heterocycles. The largest absolute Gasteiger partial charge is 0.486 e. The molecule has 19 heavy (non-hydrogen) atoms. The van der Waals surface area contributed by atoms with Crippen LogP contribution in [-0.2, 0) is 6.61 Å². The second-order valence-corrected chi connectivity index (χ2v) is 3.83. The van der Waals surface area contributed by atoms with Gasteiger partial charge >= 0.3 is 0 Å². The number of pyridine rings is 1. The van der Waals surface area contributed by atoms with Crippen molar-refractivity contribution in [1.29, 1.82) is 0 Å². The summed E-state index contributed by atoms with van der Waals surface area (Å²) in [5.74, 6) is 5.22. The van der Waals surface area contributed by atoms with Crippen molar-refractivity contribution in [2.45, 2.75) is 6.61 Å². The first-order valence-electron chi connectivity index (χ1n) is 5.64. The Morgan fingerprint density at radius 3 is 2.84 bits per heavy atom. The van der Waals surface area contributed by atoms with Crippen molar-refractivity contribution >= 4 is 11.6 Å². The number of ether oxygens (including phenoxy) is 1. The van der Waals surface area contributed by atoms with Gasteiger partial charge in [-0.2, -0.15) is 0 Å². The number of hydrogen-bond acceptors (Lipinski definition) is 5. The summed E-state index contributed by atoms with van der Waals surface area (Å²) in [5, 5.41) is 0. The maximum absolute atomic E-state index is 11.2. The number of nitrogens with zero attached hydrogens (tertiary/aromatic N) is 1. The zero-order valence-electron chi connectivity index (χ0n) is 10.2. The predicted molar refractivity (Wildman–Crippen MR) is 71.3 cm³/mol. The highest BCUT2D eigenvalue weighted by Gasteiger charge is 2.08. The Morgan fingerprint density at radius 1 is 1.32 bits per heavy atom. The molecular formula is C13H14N4O2. The lowest BCUT2D eigenvalue weighted by atomic mass is 10.2. The van der Waals surface area contributed by atoms with Crippen molar-refractivity contribution in [3.05, 3.63) is 53.9 Å². The number of anilines is 1. The number of nitrogen functional groups attached to an aromatic ring is 1. The SMILES string of the molecule is NNc1ccnc(COc2ccccc2C(N)=O)c1. The van der Waals surface area contributed by atoms with Gasteiger partial charge in [-0.15, -0.1) is 0 Å². The van der Waals surface area contributed by atoms with Crippen LogP contribution in [0.2, 0.25) is 0 Å². The molecule has 1 aromatic carbocycles. The second kappa shape index (κ2) is 5.83. The third-order valence-corrected chi connectivity index (χ3v) is 2.51. The Balaban J connectivity index is 2.12. The number of amides is 1. The summed E-state index contributed by atoms with van der Waals surface area (Å²) in [4.78, 5) is 15.4. The minimum atomic E-state index is -0.527. The molecule has 2 rings (SSSR count). The Kier molecular flexibility index (Phi) is 3.94. The van der Waals surface area contributed by atoms with E-state index in [0.717, 1.165) is 5.69 Å². The number of carbonyl (C=O) groups is 1. The highest BCUT2D eigenvalue weighted by Crippen LogP contribution is 2.18. The molecule has 0 fully saturated rings. The van der Waals surface area contributed by atoms with Gasteiger partial charge in [-0.25, -0.2) is 0 Å². The molecule has 0 aliphatic carbocycles. The second-order valence-electron chi connectivity index (χ2n) is 3.83. The zero-order chi connectivity index (χ0) is 13.7. The van der Waals surface area contributed by atoms with Crippen LogP contribution >= 0.6 is 0 Å². The number of primary amides is 1. The van der Waals surface area contributed by atoms with Gasteiger partial charge in [0.15, 0.2) is 0 Å². The number of rotatable bonds is 5. The fraction of sp³-hybridized carbons (Fsp3) is 0.0769. The van der Waals surface area contributed by atoms with E-state index in [4.69, 9.17) is 16.3 Å². The smallest absolute Gasteiger partial charge is 0.252 e. The highest BCUT2D eigenvalue weighted by atomic mass is 16.5. The van der Waals surface area contributed by atoms with Crippen LogP contribution in [-0.4, -0.2) is 10.9 Å². The molecule has 1 heterocycles. The van der Waals surface area contributed by atoms with Gasteiger partial charge in [0.05, 0.1) is 16.9 Å². The van der Waals surface area contributed by atoms with E-state index in [1.54, 1.807) is 42.6 Å². The van der Waals surface area contributed by atoms with Gasteiger partial charge in [0.25, 0.3) is 5.91 Å². The maximum atomic E-state index is 11.2. The van der Waals surface area contributed by atoms with Crippen LogP contribution in [0.3, 0.4) is 0 Å². The molecule has 0 bridgehead atoms. The lowest BCUT2D eigenvalue weighted by Crippen LogP contribution is -2.13. The van der Waals surface area contributed by atoms with Crippen LogP contribution in [0, 0.1) is 0 Å². The number of hydrazine groups is 1. The van der Waals surface area contributed by atoms with Crippen molar-refractivity contribution < 1.29 is 9.53 Å². The Hall–Kier alpha value is -2.60. The van der Waals surface area contributed by atoms with Gasteiger partial charge in [0, 0.05) is 6.20 Å². The lowest BCUT2D eigenvalue weighted by Gasteiger charge is -2.09. The summed E-state index contributed by atoms with van der Waals surface area (Å²) in [5.41, 5.74) is 9.56. The molecule has 0 saturated heterocycles. The number of aromatic nitrogens is 1. The fourth-order valence-electron chi connectivity index (χ4n) is 1.59. The number of para-hydroxylation sites is 1. The Morgan fingerprint density at radius 2 is 2.11 bits per heavy atom. The van der Waals surface area contributed by atoms with Gasteiger partial charge in [-0.1, -0.05) is 12.1 Å². The first-order chi connectivity index (χ1) is 9.20. The predicted octanol–water partition coefficient (Wildman–Crippen LogP) is 1.05. The molecule has 0 spiro atoms. The Labute approximate surface area is 110 Å². The number of benzene rings is 1. The third kappa shape index (κ3) is 3.20. The maximum Gasteiger partial charge on any atom is 0.252 e. The van der Waals surface area contributed by atoms with Crippen LogP contribution in [0.1, 0.15) is 16.1 Å². The first-order valence-corrected chi connectivity index (χ1v) is 5.64. The van der Waals surface area contributed by atoms with Crippen LogP contribution in [0.15, 0.2) is 42.6 Å². The van der Waals surface area contributed by atoms with E-state index in [-0.39, 0.29) is 6.61 Å². The van der Waals surface area contributed by atoms with E-state index in [0.29, 0.717) is 17.0 Å². The molecule has 0 unspecified atom stereocenters. The number of nitrogens with two attached hydrogens (primary N) is 2. The van der Waals surface area contributed by atoms with Crippen molar-refractivity contribution in [1.82, 2.24) is 4.98 Å². The quantitative estimate of drug-likeness (QED) is 0.549. The minimum absolute atomic E-state index is 0.222. The average Bonchev–Trinajstić information content (AvgIpc) is 2.45. The van der Waals surface area contributed by atoms with E-state index < -0.39 is 5.91 Å². The lowest BCUT2D eigenvalue weighted by molar-refractivity contribution is 0.0996. The van der Waals surface area contributed by atoms with Crippen molar-refractivity contribution in [2.24, 2.45) is 11.6 Å². The molecule has 6 heteroatoms. The summed E-state index contributed by atoms with van der Waals surface area (Å²) < 4.78 is 5.55. The third-order valence-electron chi connectivity index (χ3n) is 2.51. The van der Waals surface area contributed by atoms with Gasteiger partial charge in [-0.3, -0.25) is 15.6 Å². The van der Waals surface area contributed by atoms with Crippen LogP contribution in [0.5, 0.6) is 5.75 Å². The molecule has 98 valence electrons. The molecule has 0 atom stereocenters. The number of hydrogen-bond donors (Lipinski definition) is 3. The number of carbonyl (C=O) groups excluding carboxylic acids is 1. The topological polar surface area (TPSA) is 103 Å². The minimum Gasteiger partial charge on any atom is -0.486 e. The van der Waals surface area contributed by atoms with Crippen molar-refractivity contribution in [3.8, 4) is 5.75 Å². The molecule has 1 amide bonds. The summed E-state index contributed by atoms with van der Waals surface area (Å²) in [6, 6.07) is 10.3. The normalized spacial score (nSPS) is 9.95. The molecule has 6 nitrogen and oxygen atoms in total. The van der Waals surface area contributed by atoms with Gasteiger partial charge in [0.1, 0.15) is 12.4 Å². The summed E-state index contributed by atoms with van der Waals surface area (Å²) >= 11 is 0. The van der Waals surface area contributed by atoms with E-state index in [1.807, 2.05) is 0 Å². The fourth-order valence-corrected chi connectivity index (χ4v) is 1.59. The van der Waals surface area contributed by atoms with E-state index in [9.17, 15) is 4.79 Å². The summed E-state index contributed by atoms with van der Waals surface area (Å²) in [6.45, 7) is 0.222. The first kappa shape index (κ1) is 12.8. The van der Waals surface area contributed by atoms with E-state index in [2.05, 4.69) is 10.4 Å². The van der Waals surface area contributed by atoms with Gasteiger partial charge in [-0.05, 0) is 24.3 Å². The summed E-state index contributed by atoms with van der Waals surface area (Å²) in [7, 11) is 0. The zero-order valence-corrected chi connectivity index (χ0v) is 10.2. The molecule has 0 aliphatic heterocycles.